The highest BCUT2D eigenvalue weighted by Gasteiger charge is 2.23. The van der Waals surface area contributed by atoms with E-state index < -0.39 is 23.7 Å². The second-order valence-electron chi connectivity index (χ2n) is 6.70. The van der Waals surface area contributed by atoms with Gasteiger partial charge in [0, 0.05) is 38.6 Å². The molecule has 3 rings (SSSR count). The van der Waals surface area contributed by atoms with Crippen molar-refractivity contribution in [1.29, 1.82) is 5.26 Å². The Morgan fingerprint density at radius 2 is 1.96 bits per heavy atom. The number of hydrogen-bond acceptors (Lipinski definition) is 5. The van der Waals surface area contributed by atoms with Crippen molar-refractivity contribution in [2.45, 2.75) is 32.5 Å². The number of rotatable bonds is 5. The summed E-state index contributed by atoms with van der Waals surface area (Å²) in [6.07, 6.45) is 1.24. The van der Waals surface area contributed by atoms with E-state index in [1.807, 2.05) is 49.3 Å². The van der Waals surface area contributed by atoms with E-state index in [2.05, 4.69) is 5.32 Å². The van der Waals surface area contributed by atoms with Crippen LogP contribution in [0.1, 0.15) is 23.2 Å². The minimum atomic E-state index is -0.693. The summed E-state index contributed by atoms with van der Waals surface area (Å²) in [7, 11) is 3.89. The van der Waals surface area contributed by atoms with E-state index in [4.69, 9.17) is 0 Å². The molecule has 0 saturated carbocycles. The van der Waals surface area contributed by atoms with Crippen molar-refractivity contribution in [3.8, 4) is 6.07 Å². The van der Waals surface area contributed by atoms with Gasteiger partial charge >= 0.3 is 5.69 Å². The molecule has 1 aromatic carbocycles. The van der Waals surface area contributed by atoms with Crippen LogP contribution < -0.4 is 21.5 Å². The summed E-state index contributed by atoms with van der Waals surface area (Å²) in [5, 5.41) is 12.0. The third-order valence-corrected chi connectivity index (χ3v) is 4.69. The van der Waals surface area contributed by atoms with Crippen LogP contribution in [-0.4, -0.2) is 29.1 Å². The Balaban J connectivity index is 1.74. The zero-order chi connectivity index (χ0) is 19.6. The lowest BCUT2D eigenvalue weighted by Crippen LogP contribution is -2.45. The van der Waals surface area contributed by atoms with E-state index >= 15 is 0 Å². The van der Waals surface area contributed by atoms with E-state index in [1.54, 1.807) is 0 Å². The van der Waals surface area contributed by atoms with Gasteiger partial charge in [-0.05, 0) is 30.5 Å². The SMILES string of the molecule is CN(C)c1ccc(CNC(=O)Cn2c(=O)c(C#N)c3n(c2=O)CCC3)cc1. The lowest BCUT2D eigenvalue weighted by Gasteiger charge is -2.13. The molecule has 0 atom stereocenters. The maximum absolute atomic E-state index is 12.5. The van der Waals surface area contributed by atoms with E-state index in [1.165, 1.54) is 4.57 Å². The van der Waals surface area contributed by atoms with Crippen LogP contribution in [0.5, 0.6) is 0 Å². The molecule has 140 valence electrons. The molecule has 2 aromatic rings. The van der Waals surface area contributed by atoms with E-state index in [-0.39, 0.29) is 5.56 Å². The molecule has 0 fully saturated rings. The molecule has 0 bridgehead atoms. The quantitative estimate of drug-likeness (QED) is 0.814. The highest BCUT2D eigenvalue weighted by molar-refractivity contribution is 5.75. The Morgan fingerprint density at radius 1 is 1.26 bits per heavy atom. The molecular formula is C19H21N5O3. The van der Waals surface area contributed by atoms with Crippen molar-refractivity contribution in [1.82, 2.24) is 14.5 Å². The molecular weight excluding hydrogens is 346 g/mol. The van der Waals surface area contributed by atoms with Crippen LogP contribution in [0.3, 0.4) is 0 Å². The van der Waals surface area contributed by atoms with Crippen molar-refractivity contribution in [3.05, 3.63) is 61.9 Å². The monoisotopic (exact) mass is 367 g/mol. The minimum Gasteiger partial charge on any atom is -0.378 e. The maximum Gasteiger partial charge on any atom is 0.331 e. The highest BCUT2D eigenvalue weighted by atomic mass is 16.2. The standard InChI is InChI=1S/C19H21N5O3/c1-22(2)14-7-5-13(6-8-14)11-21-17(25)12-24-18(26)15(10-20)16-4-3-9-23(16)19(24)27/h5-8H,3-4,9,11-12H2,1-2H3,(H,21,25). The van der Waals surface area contributed by atoms with Gasteiger partial charge in [-0.2, -0.15) is 5.26 Å². The smallest absolute Gasteiger partial charge is 0.331 e. The number of nitrogens with one attached hydrogen (secondary N) is 1. The number of anilines is 1. The molecule has 1 aliphatic rings. The third kappa shape index (κ3) is 3.62. The van der Waals surface area contributed by atoms with Gasteiger partial charge in [-0.15, -0.1) is 0 Å². The van der Waals surface area contributed by atoms with Crippen LogP contribution in [0.2, 0.25) is 0 Å². The van der Waals surface area contributed by atoms with Gasteiger partial charge in [-0.3, -0.25) is 14.2 Å². The fourth-order valence-corrected chi connectivity index (χ4v) is 3.20. The summed E-state index contributed by atoms with van der Waals surface area (Å²) in [5.74, 6) is -0.451. The largest absolute Gasteiger partial charge is 0.378 e. The predicted octanol–water partition coefficient (Wildman–Crippen LogP) is 0.210. The van der Waals surface area contributed by atoms with Gasteiger partial charge in [0.25, 0.3) is 5.56 Å². The minimum absolute atomic E-state index is 0.0424. The summed E-state index contributed by atoms with van der Waals surface area (Å²) in [4.78, 5) is 39.2. The average Bonchev–Trinajstić information content (AvgIpc) is 3.14. The predicted molar refractivity (Wildman–Crippen MR) is 101 cm³/mol. The van der Waals surface area contributed by atoms with Gasteiger partial charge < -0.3 is 10.2 Å². The first-order chi connectivity index (χ1) is 12.9. The Labute approximate surface area is 156 Å². The maximum atomic E-state index is 12.5. The Hall–Kier alpha value is -3.34. The summed E-state index contributed by atoms with van der Waals surface area (Å²) in [6, 6.07) is 9.57. The number of carbonyl (C=O) groups is 1. The van der Waals surface area contributed by atoms with Crippen LogP contribution in [0.15, 0.2) is 33.9 Å². The fraction of sp³-hybridized carbons (Fsp3) is 0.368. The lowest BCUT2D eigenvalue weighted by molar-refractivity contribution is -0.121. The number of hydrogen-bond donors (Lipinski definition) is 1. The van der Waals surface area contributed by atoms with Crippen molar-refractivity contribution in [2.24, 2.45) is 0 Å². The summed E-state index contributed by atoms with van der Waals surface area (Å²) < 4.78 is 2.27. The average molecular weight is 367 g/mol. The first-order valence-corrected chi connectivity index (χ1v) is 8.72. The summed E-state index contributed by atoms with van der Waals surface area (Å²) >= 11 is 0. The highest BCUT2D eigenvalue weighted by Crippen LogP contribution is 2.13. The van der Waals surface area contributed by atoms with Gasteiger partial charge in [-0.1, -0.05) is 12.1 Å². The third-order valence-electron chi connectivity index (χ3n) is 4.69. The number of benzene rings is 1. The molecule has 1 aromatic heterocycles. The molecule has 27 heavy (non-hydrogen) atoms. The molecule has 0 spiro atoms. The number of carbonyl (C=O) groups excluding carboxylic acids is 1. The van der Waals surface area contributed by atoms with Gasteiger partial charge in [0.2, 0.25) is 5.91 Å². The summed E-state index contributed by atoms with van der Waals surface area (Å²) in [5.41, 5.74) is 1.17. The van der Waals surface area contributed by atoms with Crippen molar-refractivity contribution in [3.63, 3.8) is 0 Å². The van der Waals surface area contributed by atoms with E-state index in [0.717, 1.165) is 15.8 Å². The van der Waals surface area contributed by atoms with Crippen LogP contribution >= 0.6 is 0 Å². The second kappa shape index (κ2) is 7.50. The zero-order valence-corrected chi connectivity index (χ0v) is 15.4. The first kappa shape index (κ1) is 18.5. The molecule has 1 N–H and O–H groups in total. The Morgan fingerprint density at radius 3 is 2.59 bits per heavy atom. The number of aromatic nitrogens is 2. The molecule has 1 aliphatic heterocycles. The zero-order valence-electron chi connectivity index (χ0n) is 15.4. The number of nitriles is 1. The van der Waals surface area contributed by atoms with Gasteiger partial charge in [0.05, 0.1) is 0 Å². The van der Waals surface area contributed by atoms with Crippen molar-refractivity contribution in [2.75, 3.05) is 19.0 Å². The molecule has 0 aliphatic carbocycles. The molecule has 0 unspecified atom stereocenters. The molecule has 2 heterocycles. The normalized spacial score (nSPS) is 12.3. The fourth-order valence-electron chi connectivity index (χ4n) is 3.20. The van der Waals surface area contributed by atoms with Gasteiger partial charge in [0.15, 0.2) is 0 Å². The Kier molecular flexibility index (Phi) is 5.12. The molecule has 8 nitrogen and oxygen atoms in total. The summed E-state index contributed by atoms with van der Waals surface area (Å²) in [6.45, 7) is 0.351. The van der Waals surface area contributed by atoms with Crippen LogP contribution in [-0.2, 0) is 30.8 Å². The van der Waals surface area contributed by atoms with Crippen LogP contribution in [0.25, 0.3) is 0 Å². The van der Waals surface area contributed by atoms with E-state index in [9.17, 15) is 19.6 Å². The molecule has 1 amide bonds. The first-order valence-electron chi connectivity index (χ1n) is 8.72. The topological polar surface area (TPSA) is 100 Å². The van der Waals surface area contributed by atoms with Crippen molar-refractivity contribution >= 4 is 11.6 Å². The number of fused-ring (bicyclic) bond motifs is 1. The van der Waals surface area contributed by atoms with Crippen LogP contribution in [0.4, 0.5) is 5.69 Å². The molecule has 8 heteroatoms. The molecule has 0 radical (unpaired) electrons. The lowest BCUT2D eigenvalue weighted by atomic mass is 10.2. The second-order valence-corrected chi connectivity index (χ2v) is 6.70. The van der Waals surface area contributed by atoms with Crippen molar-refractivity contribution < 1.29 is 4.79 Å². The number of amides is 1. The number of nitrogens with zero attached hydrogens (tertiary/aromatic N) is 4. The van der Waals surface area contributed by atoms with E-state index in [0.29, 0.717) is 31.6 Å². The Bertz CT molecular complexity index is 1030. The van der Waals surface area contributed by atoms with Gasteiger partial charge in [-0.25, -0.2) is 9.36 Å². The molecule has 0 saturated heterocycles. The van der Waals surface area contributed by atoms with Crippen LogP contribution in [0, 0.1) is 11.3 Å². The van der Waals surface area contributed by atoms with Gasteiger partial charge in [0.1, 0.15) is 18.2 Å².